The van der Waals surface area contributed by atoms with Crippen LogP contribution in [0.3, 0.4) is 0 Å². The monoisotopic (exact) mass is 796 g/mol. The summed E-state index contributed by atoms with van der Waals surface area (Å²) in [6.07, 6.45) is 1.34. The third-order valence-corrected chi connectivity index (χ3v) is 14.6. The molecule has 0 radical (unpaired) electrons. The number of nitrogens with zero attached hydrogens (tertiary/aromatic N) is 6. The van der Waals surface area contributed by atoms with Crippen molar-refractivity contribution >= 4 is 53.7 Å². The Bertz CT molecular complexity index is 2610. The fraction of sp³-hybridized carbons (Fsp3) is 0.273. The Morgan fingerprint density at radius 1 is 0.966 bits per heavy atom. The lowest BCUT2D eigenvalue weighted by molar-refractivity contribution is -0.385. The van der Waals surface area contributed by atoms with Gasteiger partial charge in [-0.1, -0.05) is 78.9 Å². The summed E-state index contributed by atoms with van der Waals surface area (Å²) in [4.78, 5) is 43.8. The van der Waals surface area contributed by atoms with Gasteiger partial charge in [0.1, 0.15) is 0 Å². The van der Waals surface area contributed by atoms with Gasteiger partial charge in [-0.2, -0.15) is 0 Å². The predicted octanol–water partition coefficient (Wildman–Crippen LogP) is 8.17. The van der Waals surface area contributed by atoms with Crippen molar-refractivity contribution in [3.05, 3.63) is 153 Å². The first kappa shape index (κ1) is 37.5. The van der Waals surface area contributed by atoms with Crippen LogP contribution in [0, 0.1) is 16.0 Å². The van der Waals surface area contributed by atoms with Gasteiger partial charge in [0.25, 0.3) is 17.5 Å². The van der Waals surface area contributed by atoms with Gasteiger partial charge in [0.15, 0.2) is 5.60 Å². The Morgan fingerprint density at radius 2 is 1.72 bits per heavy atom. The summed E-state index contributed by atoms with van der Waals surface area (Å²) >= 11 is 0. The predicted molar refractivity (Wildman–Crippen MR) is 219 cm³/mol. The van der Waals surface area contributed by atoms with Crippen LogP contribution in [-0.4, -0.2) is 58.0 Å². The Labute approximate surface area is 334 Å². The molecule has 5 atom stereocenters. The summed E-state index contributed by atoms with van der Waals surface area (Å²) in [6, 6.07) is 32.8. The van der Waals surface area contributed by atoms with Gasteiger partial charge >= 0.3 is 0 Å². The molecule has 3 aliphatic rings. The van der Waals surface area contributed by atoms with Crippen LogP contribution in [0.25, 0.3) is 10.8 Å². The number of anilines is 3. The third kappa shape index (κ3) is 5.93. The number of aliphatic hydroxyl groups is 1. The van der Waals surface area contributed by atoms with E-state index < -0.39 is 42.4 Å². The van der Waals surface area contributed by atoms with Crippen molar-refractivity contribution in [3.8, 4) is 0 Å². The van der Waals surface area contributed by atoms with Crippen molar-refractivity contribution in [2.24, 2.45) is 5.92 Å². The molecule has 12 nitrogen and oxygen atoms in total. The number of aryl methyl sites for hydroxylation is 1. The molecule has 1 fully saturated rings. The van der Waals surface area contributed by atoms with Crippen LogP contribution in [0.4, 0.5) is 26.9 Å². The van der Waals surface area contributed by atoms with Gasteiger partial charge < -0.3 is 18.9 Å². The molecule has 2 amide bonds. The molecule has 3 aliphatic heterocycles. The molecule has 9 rings (SSSR count). The summed E-state index contributed by atoms with van der Waals surface area (Å²) in [7, 11) is -3.55. The number of nitro groups is 1. The van der Waals surface area contributed by atoms with Crippen molar-refractivity contribution in [2.45, 2.75) is 62.7 Å². The topological polar surface area (TPSA) is 144 Å². The number of benzene rings is 5. The van der Waals surface area contributed by atoms with Crippen LogP contribution in [0.15, 0.2) is 115 Å². The van der Waals surface area contributed by atoms with Gasteiger partial charge in [-0.15, -0.1) is 5.10 Å². The number of amides is 2. The Hall–Kier alpha value is -6.09. The molecule has 0 bridgehead atoms. The molecule has 1 spiro atoms. The number of aliphatic hydroxyl groups excluding tert-OH is 1. The Morgan fingerprint density at radius 3 is 2.47 bits per heavy atom. The molecular formula is C44H41FN6O6Si. The Balaban J connectivity index is 1.03. The number of rotatable bonds is 11. The molecule has 1 unspecified atom stereocenters. The fourth-order valence-electron chi connectivity index (χ4n) is 9.62. The quantitative estimate of drug-likeness (QED) is 0.0599. The highest BCUT2D eigenvalue weighted by atomic mass is 28.4. The Kier molecular flexibility index (Phi) is 9.10. The zero-order valence-electron chi connectivity index (χ0n) is 32.2. The van der Waals surface area contributed by atoms with Gasteiger partial charge in [-0.25, -0.2) is 0 Å². The molecule has 4 heterocycles. The van der Waals surface area contributed by atoms with Gasteiger partial charge in [-0.3, -0.25) is 29.3 Å². The molecule has 0 saturated carbocycles. The number of fused-ring (bicyclic) bond motifs is 2. The maximum Gasteiger partial charge on any atom is 0.269 e. The first-order valence-corrected chi connectivity index (χ1v) is 22.3. The van der Waals surface area contributed by atoms with Crippen LogP contribution in [0.5, 0.6) is 0 Å². The zero-order chi connectivity index (χ0) is 40.5. The number of nitro benzene ring substituents is 1. The van der Waals surface area contributed by atoms with E-state index in [0.717, 1.165) is 27.6 Å². The molecular weight excluding hydrogens is 756 g/mol. The van der Waals surface area contributed by atoms with E-state index in [9.17, 15) is 20.0 Å². The van der Waals surface area contributed by atoms with Crippen LogP contribution >= 0.6 is 0 Å². The van der Waals surface area contributed by atoms with E-state index in [2.05, 4.69) is 10.3 Å². The average molecular weight is 797 g/mol. The number of hydrogen-bond donors (Lipinski definition) is 1. The van der Waals surface area contributed by atoms with Crippen molar-refractivity contribution < 1.29 is 28.5 Å². The summed E-state index contributed by atoms with van der Waals surface area (Å²) in [6.45, 7) is 5.26. The van der Waals surface area contributed by atoms with Gasteiger partial charge in [0.05, 0.1) is 52.7 Å². The van der Waals surface area contributed by atoms with Crippen molar-refractivity contribution in [1.29, 1.82) is 0 Å². The van der Waals surface area contributed by atoms with Crippen LogP contribution in [0.1, 0.15) is 52.0 Å². The van der Waals surface area contributed by atoms with E-state index in [1.54, 1.807) is 39.8 Å². The molecule has 6 aromatic rings. The van der Waals surface area contributed by atoms with Crippen LogP contribution < -0.4 is 9.80 Å². The highest BCUT2D eigenvalue weighted by Gasteiger charge is 2.67. The first-order chi connectivity index (χ1) is 27.9. The molecule has 5 aromatic carbocycles. The van der Waals surface area contributed by atoms with Gasteiger partial charge in [0, 0.05) is 53.0 Å². The number of non-ortho nitro benzene ring substituents is 1. The molecule has 1 saturated heterocycles. The van der Waals surface area contributed by atoms with Crippen molar-refractivity contribution in [1.82, 2.24) is 15.0 Å². The van der Waals surface area contributed by atoms with E-state index in [4.69, 9.17) is 4.74 Å². The lowest BCUT2D eigenvalue weighted by Gasteiger charge is -2.31. The standard InChI is InChI=1S/C44H41FN6O6Si/c1-27-41(58(2,3)45)39(20-21-48-25-36(46-47-48)34(26-52)29-11-5-4-6-12-29)57-44(27)35-23-32(51(55)56)18-19-37(35)49(43(44)54)24-28-10-7-15-31(22-28)50-38-17-9-14-30-13-8-16-33(40(30)38)42(50)53/h4-19,22-23,25,27,34,39,41,52H,20-21,24,26H2,1-3H3/t27-,34?,39+,41-,44+/m1/s1. The average Bonchev–Trinajstić information content (AvgIpc) is 3.94. The normalized spacial score (nSPS) is 21.7. The summed E-state index contributed by atoms with van der Waals surface area (Å²) in [5.41, 5.74) is 2.51. The summed E-state index contributed by atoms with van der Waals surface area (Å²) in [5.74, 6) is -1.61. The van der Waals surface area contributed by atoms with Gasteiger partial charge in [0.2, 0.25) is 8.41 Å². The SMILES string of the molecule is C[C@@H]1[C@@H]([Si](C)(C)F)[C@H](CCn2cc(C(CO)c3ccccc3)nn2)O[C@@]12C(=O)N(Cc1cccc(N3C(=O)c4cccc5cccc3c45)c1)c1ccc([N+](=O)[O-])cc12. The molecule has 294 valence electrons. The highest BCUT2D eigenvalue weighted by molar-refractivity contribution is 6.72. The lowest BCUT2D eigenvalue weighted by Crippen LogP contribution is -2.45. The van der Waals surface area contributed by atoms with E-state index in [0.29, 0.717) is 41.2 Å². The second-order valence-corrected chi connectivity index (χ2v) is 19.7. The number of carbonyl (C=O) groups excluding carboxylic acids is 2. The number of halogens is 1. The smallest absolute Gasteiger partial charge is 0.269 e. The fourth-order valence-corrected chi connectivity index (χ4v) is 12.2. The number of hydrogen-bond acceptors (Lipinski definition) is 8. The third-order valence-electron chi connectivity index (χ3n) is 12.2. The minimum atomic E-state index is -3.55. The maximum absolute atomic E-state index is 16.6. The molecule has 0 aliphatic carbocycles. The molecule has 1 aromatic heterocycles. The molecule has 58 heavy (non-hydrogen) atoms. The second kappa shape index (κ2) is 14.1. The summed E-state index contributed by atoms with van der Waals surface area (Å²) in [5, 5.41) is 32.8. The first-order valence-electron chi connectivity index (χ1n) is 19.4. The second-order valence-electron chi connectivity index (χ2n) is 16.0. The van der Waals surface area contributed by atoms with E-state index in [1.807, 2.05) is 97.9 Å². The molecule has 1 N–H and O–H groups in total. The van der Waals surface area contributed by atoms with Crippen LogP contribution in [-0.2, 0) is 28.2 Å². The minimum Gasteiger partial charge on any atom is -0.395 e. The van der Waals surface area contributed by atoms with Crippen LogP contribution in [0.2, 0.25) is 18.6 Å². The van der Waals surface area contributed by atoms with Crippen molar-refractivity contribution in [3.63, 3.8) is 0 Å². The van der Waals surface area contributed by atoms with Gasteiger partial charge in [-0.05, 0) is 66.4 Å². The van der Waals surface area contributed by atoms with E-state index in [1.165, 1.54) is 12.1 Å². The summed E-state index contributed by atoms with van der Waals surface area (Å²) < 4.78 is 25.1. The number of aromatic nitrogens is 3. The maximum atomic E-state index is 16.6. The van der Waals surface area contributed by atoms with E-state index >= 15 is 8.90 Å². The number of ether oxygens (including phenoxy) is 1. The van der Waals surface area contributed by atoms with E-state index in [-0.39, 0.29) is 30.7 Å². The largest absolute Gasteiger partial charge is 0.395 e. The minimum absolute atomic E-state index is 0.0788. The number of carbonyl (C=O) groups is 2. The lowest BCUT2D eigenvalue weighted by atomic mass is 9.82. The highest BCUT2D eigenvalue weighted by Crippen LogP contribution is 2.61. The van der Waals surface area contributed by atoms with Crippen molar-refractivity contribution in [2.75, 3.05) is 16.4 Å². The molecule has 14 heteroatoms. The zero-order valence-corrected chi connectivity index (χ0v) is 33.2.